The second-order valence-electron chi connectivity index (χ2n) is 6.67. The van der Waals surface area contributed by atoms with E-state index in [1.165, 1.54) is 12.3 Å². The molecule has 0 fully saturated rings. The van der Waals surface area contributed by atoms with E-state index in [4.69, 9.17) is 9.93 Å². The Balaban J connectivity index is 1.81. The van der Waals surface area contributed by atoms with Crippen LogP contribution in [0.5, 0.6) is 0 Å². The molecule has 29 heavy (non-hydrogen) atoms. The summed E-state index contributed by atoms with van der Waals surface area (Å²) in [7, 11) is 0. The Kier molecular flexibility index (Phi) is 4.99. The molecule has 0 unspecified atom stereocenters. The van der Waals surface area contributed by atoms with Gasteiger partial charge in [-0.2, -0.15) is 0 Å². The first kappa shape index (κ1) is 18.7. The number of nitrogens with zero attached hydrogens (tertiary/aromatic N) is 2. The molecule has 4 rings (SSSR count). The van der Waals surface area contributed by atoms with Crippen molar-refractivity contribution >= 4 is 28.5 Å². The summed E-state index contributed by atoms with van der Waals surface area (Å²) in [5.74, 6) is -1.52. The minimum absolute atomic E-state index is 0.352. The van der Waals surface area contributed by atoms with Gasteiger partial charge < -0.3 is 9.93 Å². The standard InChI is InChI=1S/C23H17F2N3O/c1-14-2-6-17(7-3-14)27-21(10-11-26)15-5-9-22-18(12-15)23(29-28-22)16-4-8-19(24)20(25)13-16/h2-9,11-13,26H,10H2,1H3. The zero-order valence-electron chi connectivity index (χ0n) is 15.6. The lowest BCUT2D eigenvalue weighted by Gasteiger charge is -2.06. The van der Waals surface area contributed by atoms with Crippen molar-refractivity contribution in [1.29, 1.82) is 5.41 Å². The van der Waals surface area contributed by atoms with Gasteiger partial charge in [0.25, 0.3) is 0 Å². The van der Waals surface area contributed by atoms with Gasteiger partial charge in [0.05, 0.1) is 16.8 Å². The summed E-state index contributed by atoms with van der Waals surface area (Å²) in [6.45, 7) is 2.01. The van der Waals surface area contributed by atoms with Crippen LogP contribution < -0.4 is 0 Å². The molecule has 4 nitrogen and oxygen atoms in total. The maximum absolute atomic E-state index is 13.7. The number of benzene rings is 3. The van der Waals surface area contributed by atoms with E-state index < -0.39 is 11.6 Å². The predicted molar refractivity (Wildman–Crippen MR) is 110 cm³/mol. The van der Waals surface area contributed by atoms with Gasteiger partial charge in [-0.3, -0.25) is 4.99 Å². The third-order valence-electron chi connectivity index (χ3n) is 4.58. The van der Waals surface area contributed by atoms with Crippen molar-refractivity contribution in [2.75, 3.05) is 0 Å². The third-order valence-corrected chi connectivity index (χ3v) is 4.58. The van der Waals surface area contributed by atoms with Gasteiger partial charge in [-0.1, -0.05) is 28.9 Å². The van der Waals surface area contributed by atoms with Crippen molar-refractivity contribution in [2.45, 2.75) is 13.3 Å². The first-order valence-corrected chi connectivity index (χ1v) is 9.03. The number of aromatic nitrogens is 1. The normalized spacial score (nSPS) is 11.8. The van der Waals surface area contributed by atoms with Gasteiger partial charge in [-0.05, 0) is 55.0 Å². The monoisotopic (exact) mass is 389 g/mol. The number of aliphatic imine (C=N–C) groups is 1. The van der Waals surface area contributed by atoms with E-state index >= 15 is 0 Å². The second kappa shape index (κ2) is 7.75. The van der Waals surface area contributed by atoms with Crippen LogP contribution in [0.25, 0.3) is 22.2 Å². The molecule has 6 heteroatoms. The van der Waals surface area contributed by atoms with Crippen molar-refractivity contribution in [3.8, 4) is 11.3 Å². The third kappa shape index (κ3) is 3.82. The fourth-order valence-corrected chi connectivity index (χ4v) is 3.07. The molecule has 1 N–H and O–H groups in total. The second-order valence-corrected chi connectivity index (χ2v) is 6.67. The fraction of sp³-hybridized carbons (Fsp3) is 0.0870. The molecule has 0 aliphatic carbocycles. The molecule has 3 aromatic carbocycles. The molecule has 1 heterocycles. The number of nitrogens with one attached hydrogen (secondary N) is 1. The van der Waals surface area contributed by atoms with Crippen LogP contribution in [0.3, 0.4) is 0 Å². The SMILES string of the molecule is Cc1ccc(N=C(CC=N)c2ccc3noc(-c4ccc(F)c(F)c4)c3c2)cc1. The van der Waals surface area contributed by atoms with Gasteiger partial charge in [-0.15, -0.1) is 0 Å². The summed E-state index contributed by atoms with van der Waals surface area (Å²) in [5, 5.41) is 12.2. The van der Waals surface area contributed by atoms with Gasteiger partial charge in [-0.25, -0.2) is 8.78 Å². The molecule has 0 saturated carbocycles. The summed E-state index contributed by atoms with van der Waals surface area (Å²) >= 11 is 0. The molecule has 0 saturated heterocycles. The molecule has 0 atom stereocenters. The van der Waals surface area contributed by atoms with E-state index in [0.717, 1.165) is 28.9 Å². The van der Waals surface area contributed by atoms with Crippen LogP contribution in [0.1, 0.15) is 17.5 Å². The fourth-order valence-electron chi connectivity index (χ4n) is 3.07. The highest BCUT2D eigenvalue weighted by molar-refractivity contribution is 6.10. The first-order valence-electron chi connectivity index (χ1n) is 9.03. The van der Waals surface area contributed by atoms with Crippen molar-refractivity contribution < 1.29 is 13.3 Å². The maximum Gasteiger partial charge on any atom is 0.174 e. The molecule has 0 aliphatic heterocycles. The van der Waals surface area contributed by atoms with Gasteiger partial charge in [0.1, 0.15) is 5.52 Å². The Labute approximate surface area is 166 Å². The number of rotatable bonds is 5. The summed E-state index contributed by atoms with van der Waals surface area (Å²) in [6.07, 6.45) is 1.65. The summed E-state index contributed by atoms with van der Waals surface area (Å²) in [5.41, 5.74) is 4.43. The Bertz CT molecular complexity index is 1230. The predicted octanol–water partition coefficient (Wildman–Crippen LogP) is 6.24. The van der Waals surface area contributed by atoms with Gasteiger partial charge >= 0.3 is 0 Å². The molecule has 4 aromatic rings. The first-order chi connectivity index (χ1) is 14.0. The minimum Gasteiger partial charge on any atom is -0.355 e. The lowest BCUT2D eigenvalue weighted by atomic mass is 10.0. The zero-order chi connectivity index (χ0) is 20.4. The van der Waals surface area contributed by atoms with Crippen LogP contribution in [0.4, 0.5) is 14.5 Å². The van der Waals surface area contributed by atoms with E-state index in [9.17, 15) is 8.78 Å². The van der Waals surface area contributed by atoms with E-state index in [1.54, 1.807) is 6.07 Å². The largest absolute Gasteiger partial charge is 0.355 e. The van der Waals surface area contributed by atoms with E-state index in [2.05, 4.69) is 10.1 Å². The number of aryl methyl sites for hydroxylation is 1. The van der Waals surface area contributed by atoms with Crippen molar-refractivity contribution in [3.05, 3.63) is 83.4 Å². The Morgan fingerprint density at radius 2 is 1.83 bits per heavy atom. The number of hydrogen-bond donors (Lipinski definition) is 1. The van der Waals surface area contributed by atoms with Gasteiger partial charge in [0, 0.05) is 18.2 Å². The van der Waals surface area contributed by atoms with E-state index in [-0.39, 0.29) is 0 Å². The minimum atomic E-state index is -0.950. The molecule has 0 bridgehead atoms. The molecule has 0 radical (unpaired) electrons. The van der Waals surface area contributed by atoms with Crippen molar-refractivity contribution in [1.82, 2.24) is 5.16 Å². The van der Waals surface area contributed by atoms with Crippen LogP contribution in [-0.4, -0.2) is 17.1 Å². The van der Waals surface area contributed by atoms with Crippen LogP contribution in [0.15, 0.2) is 70.2 Å². The average molecular weight is 389 g/mol. The van der Waals surface area contributed by atoms with Crippen LogP contribution >= 0.6 is 0 Å². The summed E-state index contributed by atoms with van der Waals surface area (Å²) in [6, 6.07) is 16.9. The number of halogens is 2. The number of fused-ring (bicyclic) bond motifs is 1. The highest BCUT2D eigenvalue weighted by Gasteiger charge is 2.15. The smallest absolute Gasteiger partial charge is 0.174 e. The molecule has 0 spiro atoms. The van der Waals surface area contributed by atoms with Crippen molar-refractivity contribution in [3.63, 3.8) is 0 Å². The van der Waals surface area contributed by atoms with Crippen molar-refractivity contribution in [2.24, 2.45) is 4.99 Å². The Morgan fingerprint density at radius 1 is 1.03 bits per heavy atom. The molecular formula is C23H17F2N3O. The maximum atomic E-state index is 13.7. The lowest BCUT2D eigenvalue weighted by molar-refractivity contribution is 0.440. The van der Waals surface area contributed by atoms with Gasteiger partial charge in [0.2, 0.25) is 0 Å². The number of hydrogen-bond acceptors (Lipinski definition) is 4. The van der Waals surface area contributed by atoms with Crippen LogP contribution in [0.2, 0.25) is 0 Å². The molecular weight excluding hydrogens is 372 g/mol. The van der Waals surface area contributed by atoms with Crippen LogP contribution in [0, 0.1) is 24.0 Å². The molecule has 144 valence electrons. The average Bonchev–Trinajstić information content (AvgIpc) is 3.14. The highest BCUT2D eigenvalue weighted by Crippen LogP contribution is 2.31. The zero-order valence-corrected chi connectivity index (χ0v) is 15.6. The highest BCUT2D eigenvalue weighted by atomic mass is 19.2. The molecule has 0 amide bonds. The lowest BCUT2D eigenvalue weighted by Crippen LogP contribution is -2.01. The summed E-state index contributed by atoms with van der Waals surface area (Å²) in [4.78, 5) is 4.68. The van der Waals surface area contributed by atoms with E-state index in [0.29, 0.717) is 34.4 Å². The molecule has 0 aliphatic rings. The van der Waals surface area contributed by atoms with Gasteiger partial charge in [0.15, 0.2) is 17.4 Å². The molecule has 1 aromatic heterocycles. The quantitative estimate of drug-likeness (QED) is 0.411. The van der Waals surface area contributed by atoms with E-state index in [1.807, 2.05) is 43.3 Å². The Morgan fingerprint density at radius 3 is 2.55 bits per heavy atom. The summed E-state index contributed by atoms with van der Waals surface area (Å²) < 4.78 is 32.3. The van der Waals surface area contributed by atoms with Crippen LogP contribution in [-0.2, 0) is 0 Å². The topological polar surface area (TPSA) is 62.2 Å². The Hall–Kier alpha value is -3.67.